The van der Waals surface area contributed by atoms with Crippen LogP contribution in [-0.2, 0) is 0 Å². The van der Waals surface area contributed by atoms with Gasteiger partial charge in [-0.2, -0.15) is 0 Å². The van der Waals surface area contributed by atoms with Gasteiger partial charge in [0.1, 0.15) is 17.7 Å². The fraction of sp³-hybridized carbons (Fsp3) is 0.130. The Hall–Kier alpha value is -3.87. The number of nitrogens with zero attached hydrogens (tertiary/aromatic N) is 4. The summed E-state index contributed by atoms with van der Waals surface area (Å²) in [6, 6.07) is 14.5. The smallest absolute Gasteiger partial charge is 0.162 e. The van der Waals surface area contributed by atoms with Gasteiger partial charge in [0.25, 0.3) is 0 Å². The quantitative estimate of drug-likeness (QED) is 0.436. The van der Waals surface area contributed by atoms with Crippen LogP contribution in [0, 0.1) is 12.7 Å². The molecule has 3 aromatic heterocycles. The van der Waals surface area contributed by atoms with Gasteiger partial charge in [-0.05, 0) is 36.9 Å². The summed E-state index contributed by atoms with van der Waals surface area (Å²) in [5.41, 5.74) is 4.75. The number of fused-ring (bicyclic) bond motifs is 2. The summed E-state index contributed by atoms with van der Waals surface area (Å²) in [7, 11) is 0. The van der Waals surface area contributed by atoms with E-state index in [2.05, 4.69) is 31.3 Å². The van der Waals surface area contributed by atoms with E-state index in [1.807, 2.05) is 38.1 Å². The summed E-state index contributed by atoms with van der Waals surface area (Å²) in [6.07, 6.45) is 3.08. The van der Waals surface area contributed by atoms with Crippen LogP contribution in [0.2, 0.25) is 0 Å². The highest BCUT2D eigenvalue weighted by molar-refractivity contribution is 5.99. The van der Waals surface area contributed by atoms with Gasteiger partial charge >= 0.3 is 0 Å². The number of nitrogens with one attached hydrogen (secondary N) is 2. The number of aromatic nitrogens is 5. The Morgan fingerprint density at radius 1 is 1.00 bits per heavy atom. The molecular formula is C23H19FN6. The monoisotopic (exact) mass is 398 g/mol. The number of H-pyrrole nitrogens is 1. The molecule has 0 bridgehead atoms. The second kappa shape index (κ2) is 7.18. The van der Waals surface area contributed by atoms with Gasteiger partial charge < -0.3 is 10.3 Å². The van der Waals surface area contributed by atoms with E-state index in [9.17, 15) is 4.39 Å². The van der Waals surface area contributed by atoms with Crippen LogP contribution in [0.1, 0.15) is 24.4 Å². The molecule has 0 aliphatic rings. The minimum Gasteiger partial charge on any atom is -0.360 e. The first-order valence-electron chi connectivity index (χ1n) is 9.67. The summed E-state index contributed by atoms with van der Waals surface area (Å²) >= 11 is 0. The van der Waals surface area contributed by atoms with E-state index in [1.165, 1.54) is 12.4 Å². The maximum atomic E-state index is 14.1. The van der Waals surface area contributed by atoms with Crippen molar-refractivity contribution in [3.05, 3.63) is 78.4 Å². The lowest BCUT2D eigenvalue weighted by Gasteiger charge is -2.21. The predicted octanol–water partition coefficient (Wildman–Crippen LogP) is 5.19. The zero-order chi connectivity index (χ0) is 20.7. The van der Waals surface area contributed by atoms with Gasteiger partial charge in [-0.15, -0.1) is 0 Å². The molecule has 0 spiro atoms. The van der Waals surface area contributed by atoms with E-state index in [4.69, 9.17) is 4.98 Å². The molecule has 1 atom stereocenters. The first-order chi connectivity index (χ1) is 14.6. The molecule has 7 heteroatoms. The Morgan fingerprint density at radius 2 is 1.83 bits per heavy atom. The van der Waals surface area contributed by atoms with E-state index < -0.39 is 0 Å². The van der Waals surface area contributed by atoms with Gasteiger partial charge in [0.05, 0.1) is 18.1 Å². The van der Waals surface area contributed by atoms with Crippen molar-refractivity contribution in [1.82, 2.24) is 24.9 Å². The molecular weight excluding hydrogens is 379 g/mol. The fourth-order valence-corrected chi connectivity index (χ4v) is 3.86. The molecule has 148 valence electrons. The van der Waals surface area contributed by atoms with Crippen LogP contribution in [0.3, 0.4) is 0 Å². The Morgan fingerprint density at radius 3 is 2.67 bits per heavy atom. The van der Waals surface area contributed by atoms with Gasteiger partial charge in [0.2, 0.25) is 0 Å². The van der Waals surface area contributed by atoms with Gasteiger partial charge in [0, 0.05) is 16.6 Å². The van der Waals surface area contributed by atoms with Gasteiger partial charge in [-0.3, -0.25) is 4.98 Å². The molecule has 5 aromatic rings. The fourth-order valence-electron chi connectivity index (χ4n) is 3.86. The van der Waals surface area contributed by atoms with Crippen LogP contribution in [0.4, 0.5) is 10.2 Å². The number of anilines is 1. The molecule has 0 amide bonds. The number of rotatable bonds is 4. The van der Waals surface area contributed by atoms with Crippen LogP contribution in [0.15, 0.2) is 61.2 Å². The zero-order valence-corrected chi connectivity index (χ0v) is 16.5. The first kappa shape index (κ1) is 18.2. The maximum absolute atomic E-state index is 14.1. The Bertz CT molecular complexity index is 1380. The highest BCUT2D eigenvalue weighted by Gasteiger charge is 2.20. The maximum Gasteiger partial charge on any atom is 0.162 e. The topological polar surface area (TPSA) is 79.4 Å². The number of hydrogen-bond donors (Lipinski definition) is 2. The average Bonchev–Trinajstić information content (AvgIpc) is 3.23. The van der Waals surface area contributed by atoms with Crippen LogP contribution >= 0.6 is 0 Å². The number of aromatic amines is 1. The predicted molar refractivity (Wildman–Crippen MR) is 116 cm³/mol. The van der Waals surface area contributed by atoms with E-state index in [0.29, 0.717) is 17.0 Å². The SMILES string of the molecule is Cc1nc(C(C)Nc2ncnc3[nH]cnc23)c(-c2cccc(F)c2)c2ccccc12. The third-order valence-corrected chi connectivity index (χ3v) is 5.22. The number of imidazole rings is 1. The normalized spacial score (nSPS) is 12.4. The summed E-state index contributed by atoms with van der Waals surface area (Å²) in [6.45, 7) is 4.00. The van der Waals surface area contributed by atoms with E-state index in [-0.39, 0.29) is 11.9 Å². The molecule has 2 aromatic carbocycles. The van der Waals surface area contributed by atoms with Crippen molar-refractivity contribution in [2.45, 2.75) is 19.9 Å². The molecule has 5 rings (SSSR count). The van der Waals surface area contributed by atoms with Gasteiger partial charge in [-0.1, -0.05) is 36.4 Å². The van der Waals surface area contributed by atoms with Crippen molar-refractivity contribution in [3.63, 3.8) is 0 Å². The molecule has 3 heterocycles. The molecule has 1 unspecified atom stereocenters. The molecule has 0 fully saturated rings. The molecule has 0 aliphatic heterocycles. The van der Waals surface area contributed by atoms with Gasteiger partial charge in [-0.25, -0.2) is 19.3 Å². The minimum atomic E-state index is -0.280. The van der Waals surface area contributed by atoms with Gasteiger partial charge in [0.15, 0.2) is 11.5 Å². The summed E-state index contributed by atoms with van der Waals surface area (Å²) in [5.74, 6) is 0.337. The van der Waals surface area contributed by atoms with Crippen molar-refractivity contribution < 1.29 is 4.39 Å². The van der Waals surface area contributed by atoms with Crippen molar-refractivity contribution in [2.75, 3.05) is 5.32 Å². The highest BCUT2D eigenvalue weighted by Crippen LogP contribution is 2.36. The number of pyridine rings is 1. The lowest BCUT2D eigenvalue weighted by Crippen LogP contribution is -2.13. The van der Waals surface area contributed by atoms with Crippen molar-refractivity contribution in [3.8, 4) is 11.1 Å². The van der Waals surface area contributed by atoms with E-state index in [0.717, 1.165) is 33.3 Å². The van der Waals surface area contributed by atoms with Crippen LogP contribution in [0.5, 0.6) is 0 Å². The molecule has 0 radical (unpaired) electrons. The minimum absolute atomic E-state index is 0.207. The largest absolute Gasteiger partial charge is 0.360 e. The molecule has 0 saturated carbocycles. The molecule has 30 heavy (non-hydrogen) atoms. The van der Waals surface area contributed by atoms with Crippen LogP contribution in [0.25, 0.3) is 33.1 Å². The molecule has 2 N–H and O–H groups in total. The number of benzene rings is 2. The lowest BCUT2D eigenvalue weighted by molar-refractivity contribution is 0.628. The Kier molecular flexibility index (Phi) is 4.35. The second-order valence-corrected chi connectivity index (χ2v) is 7.20. The highest BCUT2D eigenvalue weighted by atomic mass is 19.1. The van der Waals surface area contributed by atoms with Crippen molar-refractivity contribution in [2.24, 2.45) is 0 Å². The Labute approximate surface area is 172 Å². The summed E-state index contributed by atoms with van der Waals surface area (Å²) in [4.78, 5) is 20.8. The molecule has 6 nitrogen and oxygen atoms in total. The average molecular weight is 398 g/mol. The summed E-state index contributed by atoms with van der Waals surface area (Å²) < 4.78 is 14.1. The number of aryl methyl sites for hydroxylation is 1. The number of halogens is 1. The number of hydrogen-bond acceptors (Lipinski definition) is 5. The third kappa shape index (κ3) is 3.04. The lowest BCUT2D eigenvalue weighted by atomic mass is 9.93. The van der Waals surface area contributed by atoms with Crippen LogP contribution in [-0.4, -0.2) is 24.9 Å². The first-order valence-corrected chi connectivity index (χ1v) is 9.67. The third-order valence-electron chi connectivity index (χ3n) is 5.22. The van der Waals surface area contributed by atoms with Crippen molar-refractivity contribution in [1.29, 1.82) is 0 Å². The molecule has 0 aliphatic carbocycles. The standard InChI is InChI=1S/C23H19FN6/c1-13-17-8-3-4-9-18(17)19(15-6-5-7-16(24)10-15)20(29-13)14(2)30-23-21-22(26-11-25-21)27-12-28-23/h3-12,14H,1-2H3,(H2,25,26,27,28,30). The summed E-state index contributed by atoms with van der Waals surface area (Å²) in [5, 5.41) is 5.49. The van der Waals surface area contributed by atoms with Crippen LogP contribution < -0.4 is 5.32 Å². The molecule has 0 saturated heterocycles. The Balaban J connectivity index is 1.70. The van der Waals surface area contributed by atoms with Crippen molar-refractivity contribution >= 4 is 27.8 Å². The second-order valence-electron chi connectivity index (χ2n) is 7.20. The zero-order valence-electron chi connectivity index (χ0n) is 16.5. The van der Waals surface area contributed by atoms with E-state index in [1.54, 1.807) is 18.5 Å². The van der Waals surface area contributed by atoms with E-state index >= 15 is 0 Å².